The third kappa shape index (κ3) is 23.2. The first-order valence-corrected chi connectivity index (χ1v) is 22.3. The second-order valence-corrected chi connectivity index (χ2v) is 16.3. The van der Waals surface area contributed by atoms with E-state index in [2.05, 4.69) is 31.3 Å². The van der Waals surface area contributed by atoms with Crippen LogP contribution in [0, 0.1) is 5.92 Å². The highest BCUT2D eigenvalue weighted by Crippen LogP contribution is 2.26. The third-order valence-corrected chi connectivity index (χ3v) is 10.8. The van der Waals surface area contributed by atoms with Crippen LogP contribution in [0.2, 0.25) is 0 Å². The molecule has 0 bridgehead atoms. The Morgan fingerprint density at radius 2 is 1.15 bits per heavy atom. The predicted octanol–water partition coefficient (Wildman–Crippen LogP) is 8.85. The zero-order valence-electron chi connectivity index (χ0n) is 34.8. The lowest BCUT2D eigenvalue weighted by Crippen LogP contribution is -2.69. The number of aliphatic hydroxyl groups excluding tert-OH is 3. The molecule has 0 aromatic heterocycles. The molecule has 0 saturated carbocycles. The molecule has 1 saturated heterocycles. The molecule has 0 radical (unpaired) electrons. The van der Waals surface area contributed by atoms with Crippen molar-refractivity contribution >= 4 is 11.8 Å². The molecule has 1 fully saturated rings. The molecule has 0 aliphatic carbocycles. The molecule has 6 N–H and O–H groups in total. The Bertz CT molecular complexity index is 918. The number of carbonyl (C=O) groups is 2. The van der Waals surface area contributed by atoms with E-state index in [0.717, 1.165) is 57.8 Å². The van der Waals surface area contributed by atoms with E-state index in [1.165, 1.54) is 103 Å². The molecule has 1 rings (SSSR count). The molecule has 1 heterocycles. The van der Waals surface area contributed by atoms with Crippen LogP contribution in [-0.2, 0) is 14.3 Å². The van der Waals surface area contributed by atoms with E-state index in [9.17, 15) is 24.9 Å². The summed E-state index contributed by atoms with van der Waals surface area (Å²) in [7, 11) is 0. The van der Waals surface area contributed by atoms with Crippen LogP contribution in [0.1, 0.15) is 201 Å². The zero-order chi connectivity index (χ0) is 39.1. The standard InChI is InChI=1S/C44H85N3O6/c1-5-7-9-11-13-15-17-19-20-21-22-24-26-28-30-32-39(49)47(33-31-29-27-25-23-18-16-14-12-10-8-6-2)44-40(42(51)41(50)38(35-48)53-44)46-43(52)37(45)34-36(3)4/h19-20,36-38,40-42,44,48,50-51H,5-18,21-35,45H2,1-4H3,(H,46,52)/b20-19-/t37-,38+,40+,41+,42+,44+/m0/s1. The summed E-state index contributed by atoms with van der Waals surface area (Å²) in [6.45, 7) is 8.36. The van der Waals surface area contributed by atoms with Gasteiger partial charge in [0.05, 0.1) is 12.6 Å². The number of aliphatic hydroxyl groups is 3. The first-order valence-electron chi connectivity index (χ1n) is 22.3. The van der Waals surface area contributed by atoms with E-state index in [1.807, 2.05) is 13.8 Å². The largest absolute Gasteiger partial charge is 0.394 e. The molecule has 0 aromatic carbocycles. The molecule has 1 aliphatic rings. The lowest BCUT2D eigenvalue weighted by Gasteiger charge is -2.47. The topological polar surface area (TPSA) is 145 Å². The third-order valence-electron chi connectivity index (χ3n) is 10.8. The second-order valence-electron chi connectivity index (χ2n) is 16.3. The Hall–Kier alpha value is -1.52. The smallest absolute Gasteiger partial charge is 0.237 e. The Labute approximate surface area is 325 Å². The maximum Gasteiger partial charge on any atom is 0.237 e. The number of hydrogen-bond acceptors (Lipinski definition) is 7. The molecular formula is C44H85N3O6. The SMILES string of the molecule is CCCCCCCC/C=C\CCCCCCCC(=O)N(CCCCCCCCCCCCCC)[C@@H]1O[C@H](CO)[C@@H](O)[C@H](O)[C@H]1NC(=O)[C@@H](N)CC(C)C. The zero-order valence-corrected chi connectivity index (χ0v) is 34.8. The van der Waals surface area contributed by atoms with Gasteiger partial charge in [-0.2, -0.15) is 0 Å². The highest BCUT2D eigenvalue weighted by atomic mass is 16.5. The number of ether oxygens (including phenoxy) is 1. The summed E-state index contributed by atoms with van der Waals surface area (Å²) in [5.41, 5.74) is 6.18. The van der Waals surface area contributed by atoms with Crippen LogP contribution in [0.25, 0.3) is 0 Å². The van der Waals surface area contributed by atoms with Gasteiger partial charge in [-0.05, 0) is 50.9 Å². The minimum Gasteiger partial charge on any atom is -0.394 e. The number of rotatable bonds is 34. The molecule has 2 amide bonds. The van der Waals surface area contributed by atoms with Gasteiger partial charge in [-0.3, -0.25) is 9.59 Å². The Morgan fingerprint density at radius 3 is 1.62 bits per heavy atom. The summed E-state index contributed by atoms with van der Waals surface area (Å²) >= 11 is 0. The van der Waals surface area contributed by atoms with Gasteiger partial charge in [-0.25, -0.2) is 0 Å². The van der Waals surface area contributed by atoms with Gasteiger partial charge in [0.1, 0.15) is 24.4 Å². The van der Waals surface area contributed by atoms with Crippen LogP contribution >= 0.6 is 0 Å². The Kier molecular flexibility index (Phi) is 30.5. The van der Waals surface area contributed by atoms with Crippen LogP contribution in [0.15, 0.2) is 12.2 Å². The average molecular weight is 752 g/mol. The summed E-state index contributed by atoms with van der Waals surface area (Å²) in [4.78, 5) is 28.7. The minimum atomic E-state index is -1.43. The normalized spacial score (nSPS) is 21.0. The van der Waals surface area contributed by atoms with Crippen LogP contribution in [0.3, 0.4) is 0 Å². The fourth-order valence-electron chi connectivity index (χ4n) is 7.41. The first kappa shape index (κ1) is 49.5. The minimum absolute atomic E-state index is 0.0956. The van der Waals surface area contributed by atoms with Gasteiger partial charge in [-0.15, -0.1) is 0 Å². The summed E-state index contributed by atoms with van der Waals surface area (Å²) in [6, 6.07) is -1.87. The van der Waals surface area contributed by atoms with Crippen molar-refractivity contribution in [3.63, 3.8) is 0 Å². The van der Waals surface area contributed by atoms with Crippen molar-refractivity contribution in [1.82, 2.24) is 10.2 Å². The number of nitrogens with two attached hydrogens (primary N) is 1. The summed E-state index contributed by atoms with van der Waals surface area (Å²) in [5, 5.41) is 34.8. The molecule has 1 aliphatic heterocycles. The fourth-order valence-corrected chi connectivity index (χ4v) is 7.41. The molecule has 312 valence electrons. The number of unbranched alkanes of at least 4 members (excludes halogenated alkanes) is 22. The summed E-state index contributed by atoms with van der Waals surface area (Å²) in [6.07, 6.45) is 30.2. The summed E-state index contributed by atoms with van der Waals surface area (Å²) in [5.74, 6) is -0.360. The quantitative estimate of drug-likeness (QED) is 0.0326. The maximum atomic E-state index is 13.9. The lowest BCUT2D eigenvalue weighted by molar-refractivity contribution is -0.231. The predicted molar refractivity (Wildman–Crippen MR) is 219 cm³/mol. The van der Waals surface area contributed by atoms with E-state index in [4.69, 9.17) is 10.5 Å². The second kappa shape index (κ2) is 32.7. The van der Waals surface area contributed by atoms with E-state index >= 15 is 0 Å². The van der Waals surface area contributed by atoms with Gasteiger partial charge in [0.2, 0.25) is 11.8 Å². The molecule has 53 heavy (non-hydrogen) atoms. The number of nitrogens with one attached hydrogen (secondary N) is 1. The Balaban J connectivity index is 2.73. The van der Waals surface area contributed by atoms with Crippen molar-refractivity contribution in [1.29, 1.82) is 0 Å². The van der Waals surface area contributed by atoms with Crippen LogP contribution in [0.5, 0.6) is 0 Å². The highest BCUT2D eigenvalue weighted by molar-refractivity contribution is 5.82. The van der Waals surface area contributed by atoms with E-state index in [-0.39, 0.29) is 11.8 Å². The molecule has 6 atom stereocenters. The van der Waals surface area contributed by atoms with Gasteiger partial charge in [0, 0.05) is 13.0 Å². The number of hydrogen-bond donors (Lipinski definition) is 5. The van der Waals surface area contributed by atoms with Crippen molar-refractivity contribution in [2.45, 2.75) is 238 Å². The van der Waals surface area contributed by atoms with Crippen molar-refractivity contribution in [3.05, 3.63) is 12.2 Å². The van der Waals surface area contributed by atoms with Gasteiger partial charge in [0.25, 0.3) is 0 Å². The number of allylic oxidation sites excluding steroid dienone is 2. The lowest BCUT2D eigenvalue weighted by atomic mass is 9.94. The maximum absolute atomic E-state index is 13.9. The number of carbonyl (C=O) groups excluding carboxylic acids is 2. The van der Waals surface area contributed by atoms with Crippen LogP contribution < -0.4 is 11.1 Å². The molecular weight excluding hydrogens is 666 g/mol. The highest BCUT2D eigenvalue weighted by Gasteiger charge is 2.48. The molecule has 0 unspecified atom stereocenters. The molecule has 9 nitrogen and oxygen atoms in total. The number of nitrogens with zero attached hydrogens (tertiary/aromatic N) is 1. The Morgan fingerprint density at radius 1 is 0.698 bits per heavy atom. The van der Waals surface area contributed by atoms with Crippen molar-refractivity contribution in [2.75, 3.05) is 13.2 Å². The van der Waals surface area contributed by atoms with Gasteiger partial charge >= 0.3 is 0 Å². The van der Waals surface area contributed by atoms with Crippen molar-refractivity contribution < 1.29 is 29.6 Å². The van der Waals surface area contributed by atoms with Crippen LogP contribution in [0.4, 0.5) is 0 Å². The first-order chi connectivity index (χ1) is 25.7. The van der Waals surface area contributed by atoms with E-state index in [0.29, 0.717) is 19.4 Å². The van der Waals surface area contributed by atoms with E-state index in [1.54, 1.807) is 4.90 Å². The van der Waals surface area contributed by atoms with Crippen LogP contribution in [-0.4, -0.2) is 81.8 Å². The van der Waals surface area contributed by atoms with Crippen molar-refractivity contribution in [3.8, 4) is 0 Å². The average Bonchev–Trinajstić information content (AvgIpc) is 3.13. The van der Waals surface area contributed by atoms with Gasteiger partial charge in [-0.1, -0.05) is 162 Å². The fraction of sp³-hybridized carbons (Fsp3) is 0.909. The molecule has 9 heteroatoms. The summed E-state index contributed by atoms with van der Waals surface area (Å²) < 4.78 is 6.15. The van der Waals surface area contributed by atoms with Crippen molar-refractivity contribution in [2.24, 2.45) is 11.7 Å². The van der Waals surface area contributed by atoms with E-state index < -0.39 is 49.1 Å². The molecule has 0 spiro atoms. The van der Waals surface area contributed by atoms with Gasteiger partial charge in [0.15, 0.2) is 6.23 Å². The monoisotopic (exact) mass is 752 g/mol. The number of amides is 2. The van der Waals surface area contributed by atoms with Gasteiger partial charge < -0.3 is 36.0 Å². The molecule has 0 aromatic rings.